The fourth-order valence-corrected chi connectivity index (χ4v) is 7.93. The van der Waals surface area contributed by atoms with E-state index in [0.717, 1.165) is 5.57 Å². The number of alkyl halides is 1. The van der Waals surface area contributed by atoms with E-state index in [9.17, 15) is 19.8 Å². The number of fused-ring (bicyclic) bond motifs is 7. The zero-order valence-corrected chi connectivity index (χ0v) is 18.5. The molecule has 6 nitrogen and oxygen atoms in total. The van der Waals surface area contributed by atoms with Gasteiger partial charge < -0.3 is 19.7 Å². The third kappa shape index (κ3) is 2.31. The highest BCUT2D eigenvalue weighted by atomic mass is 19.1. The van der Waals surface area contributed by atoms with E-state index in [1.807, 2.05) is 6.92 Å². The molecule has 0 spiro atoms. The summed E-state index contributed by atoms with van der Waals surface area (Å²) in [4.78, 5) is 25.1. The molecule has 0 aromatic rings. The van der Waals surface area contributed by atoms with E-state index in [2.05, 4.69) is 0 Å². The number of aliphatic hydroxyl groups excluding tert-OH is 2. The van der Waals surface area contributed by atoms with Crippen molar-refractivity contribution in [3.8, 4) is 0 Å². The topological polar surface area (TPSA) is 93.1 Å². The van der Waals surface area contributed by atoms with E-state index < -0.39 is 58.4 Å². The quantitative estimate of drug-likeness (QED) is 0.694. The van der Waals surface area contributed by atoms with Crippen LogP contribution in [0.15, 0.2) is 23.8 Å². The molecule has 0 bridgehead atoms. The minimum atomic E-state index is -1.98. The predicted octanol–water partition coefficient (Wildman–Crippen LogP) is 2.42. The Morgan fingerprint density at radius 1 is 1.26 bits per heavy atom. The average molecular weight is 435 g/mol. The molecule has 170 valence electrons. The standard InChI is InChI=1S/C24H31FO6/c1-20(2)30-19-10-16-15-6-5-13-9-14(27)7-8-21(13,3)23(15,25)17(28)11-22(16,4)24(19,31-20)18(29)12-26/h7-9,15-17,19,26,28H,5-6,10-12H2,1-4H3/t15?,16-,17?,19+,21-,22-,23-,24+/m0/s1. The molecule has 7 heteroatoms. The summed E-state index contributed by atoms with van der Waals surface area (Å²) < 4.78 is 29.5. The fourth-order valence-electron chi connectivity index (χ4n) is 7.93. The van der Waals surface area contributed by atoms with Crippen LogP contribution in [-0.4, -0.2) is 57.7 Å². The Morgan fingerprint density at radius 2 is 1.97 bits per heavy atom. The highest BCUT2D eigenvalue weighted by Crippen LogP contribution is 2.72. The van der Waals surface area contributed by atoms with Crippen LogP contribution in [0.5, 0.6) is 0 Å². The second-order valence-corrected chi connectivity index (χ2v) is 10.9. The van der Waals surface area contributed by atoms with Crippen molar-refractivity contribution in [1.82, 2.24) is 0 Å². The van der Waals surface area contributed by atoms with Crippen LogP contribution in [-0.2, 0) is 19.1 Å². The second-order valence-electron chi connectivity index (χ2n) is 10.9. The summed E-state index contributed by atoms with van der Waals surface area (Å²) in [7, 11) is 0. The highest BCUT2D eigenvalue weighted by Gasteiger charge is 2.79. The Kier molecular flexibility index (Phi) is 4.24. The first-order chi connectivity index (χ1) is 14.4. The average Bonchev–Trinajstić information content (AvgIpc) is 3.09. The molecule has 5 rings (SSSR count). The first-order valence-electron chi connectivity index (χ1n) is 11.2. The Hall–Kier alpha value is -1.41. The Bertz CT molecular complexity index is 925. The summed E-state index contributed by atoms with van der Waals surface area (Å²) in [6.07, 6.45) is 4.00. The maximum atomic E-state index is 17.1. The lowest BCUT2D eigenvalue weighted by molar-refractivity contribution is -0.246. The van der Waals surface area contributed by atoms with Crippen molar-refractivity contribution in [2.75, 3.05) is 6.61 Å². The van der Waals surface area contributed by atoms with Crippen LogP contribution in [0.25, 0.3) is 0 Å². The fraction of sp³-hybridized carbons (Fsp3) is 0.750. The molecule has 0 radical (unpaired) electrons. The summed E-state index contributed by atoms with van der Waals surface area (Å²) in [5.41, 5.74) is -4.66. The maximum absolute atomic E-state index is 17.1. The summed E-state index contributed by atoms with van der Waals surface area (Å²) >= 11 is 0. The minimum Gasteiger partial charge on any atom is -0.390 e. The molecule has 5 aliphatic rings. The van der Waals surface area contributed by atoms with E-state index in [1.165, 1.54) is 12.2 Å². The molecule has 0 amide bonds. The van der Waals surface area contributed by atoms with E-state index in [1.54, 1.807) is 26.8 Å². The molecule has 4 fully saturated rings. The third-order valence-electron chi connectivity index (χ3n) is 9.19. The number of hydrogen-bond donors (Lipinski definition) is 2. The number of ether oxygens (including phenoxy) is 2. The van der Waals surface area contributed by atoms with E-state index in [0.29, 0.717) is 19.3 Å². The van der Waals surface area contributed by atoms with Gasteiger partial charge in [-0.3, -0.25) is 9.59 Å². The van der Waals surface area contributed by atoms with Gasteiger partial charge in [-0.1, -0.05) is 18.6 Å². The molecule has 1 heterocycles. The van der Waals surface area contributed by atoms with Crippen molar-refractivity contribution < 1.29 is 33.7 Å². The number of rotatable bonds is 2. The number of Topliss-reactive ketones (excluding diaryl/α,β-unsaturated/α-hetero) is 1. The van der Waals surface area contributed by atoms with Gasteiger partial charge in [0.05, 0.1) is 12.2 Å². The van der Waals surface area contributed by atoms with Crippen LogP contribution in [0.2, 0.25) is 0 Å². The van der Waals surface area contributed by atoms with Gasteiger partial charge in [0.15, 0.2) is 28.6 Å². The van der Waals surface area contributed by atoms with Crippen molar-refractivity contribution in [2.45, 2.75) is 82.6 Å². The molecular weight excluding hydrogens is 403 g/mol. The Morgan fingerprint density at radius 3 is 2.65 bits per heavy atom. The summed E-state index contributed by atoms with van der Waals surface area (Å²) in [5, 5.41) is 21.2. The van der Waals surface area contributed by atoms with Crippen LogP contribution >= 0.6 is 0 Å². The maximum Gasteiger partial charge on any atom is 0.193 e. The Balaban J connectivity index is 1.64. The van der Waals surface area contributed by atoms with Gasteiger partial charge in [0.1, 0.15) is 6.61 Å². The van der Waals surface area contributed by atoms with Gasteiger partial charge in [0.25, 0.3) is 0 Å². The van der Waals surface area contributed by atoms with Gasteiger partial charge >= 0.3 is 0 Å². The van der Waals surface area contributed by atoms with Crippen molar-refractivity contribution in [3.63, 3.8) is 0 Å². The van der Waals surface area contributed by atoms with Gasteiger partial charge in [0, 0.05) is 16.7 Å². The number of allylic oxidation sites excluding steroid dienone is 4. The number of aliphatic hydroxyl groups is 2. The molecule has 1 aliphatic heterocycles. The van der Waals surface area contributed by atoms with Crippen LogP contribution in [0, 0.1) is 22.7 Å². The zero-order valence-electron chi connectivity index (χ0n) is 18.5. The van der Waals surface area contributed by atoms with Crippen LogP contribution < -0.4 is 0 Å². The summed E-state index contributed by atoms with van der Waals surface area (Å²) in [5.74, 6) is -2.46. The lowest BCUT2D eigenvalue weighted by Gasteiger charge is -2.62. The second kappa shape index (κ2) is 6.13. The minimum absolute atomic E-state index is 0.0109. The SMILES string of the molecule is CC1(C)O[C@@H]2C[C@H]3C4CCC5=CC(=O)C=C[C@]5(C)[C@@]4(F)C(O)C[C@]3(C)[C@]2(C(=O)CO)O1. The van der Waals surface area contributed by atoms with E-state index in [4.69, 9.17) is 9.47 Å². The molecule has 8 atom stereocenters. The monoisotopic (exact) mass is 434 g/mol. The smallest absolute Gasteiger partial charge is 0.193 e. The van der Waals surface area contributed by atoms with E-state index >= 15 is 4.39 Å². The molecule has 31 heavy (non-hydrogen) atoms. The molecule has 0 aromatic carbocycles. The van der Waals surface area contributed by atoms with Crippen LogP contribution in [0.4, 0.5) is 4.39 Å². The molecule has 2 N–H and O–H groups in total. The van der Waals surface area contributed by atoms with Crippen molar-refractivity contribution >= 4 is 11.6 Å². The number of carbonyl (C=O) groups excluding carboxylic acids is 2. The van der Waals surface area contributed by atoms with Gasteiger partial charge in [-0.05, 0) is 64.5 Å². The van der Waals surface area contributed by atoms with Crippen LogP contribution in [0.1, 0.15) is 53.4 Å². The number of carbonyl (C=O) groups is 2. The third-order valence-corrected chi connectivity index (χ3v) is 9.19. The predicted molar refractivity (Wildman–Crippen MR) is 109 cm³/mol. The van der Waals surface area contributed by atoms with Gasteiger partial charge in [-0.2, -0.15) is 0 Å². The van der Waals surface area contributed by atoms with Gasteiger partial charge in [-0.25, -0.2) is 4.39 Å². The summed E-state index contributed by atoms with van der Waals surface area (Å²) in [6.45, 7) is 6.41. The lowest BCUT2D eigenvalue weighted by Crippen LogP contribution is -2.70. The molecule has 0 aromatic heterocycles. The molecular formula is C24H31FO6. The van der Waals surface area contributed by atoms with Crippen LogP contribution in [0.3, 0.4) is 0 Å². The molecule has 1 saturated heterocycles. The van der Waals surface area contributed by atoms with E-state index in [-0.39, 0.29) is 18.1 Å². The van der Waals surface area contributed by atoms with Crippen molar-refractivity contribution in [2.24, 2.45) is 22.7 Å². The first kappa shape index (κ1) is 21.4. The number of ketones is 2. The van der Waals surface area contributed by atoms with Crippen molar-refractivity contribution in [1.29, 1.82) is 0 Å². The van der Waals surface area contributed by atoms with Crippen molar-refractivity contribution in [3.05, 3.63) is 23.8 Å². The van der Waals surface area contributed by atoms with Gasteiger partial charge in [-0.15, -0.1) is 0 Å². The molecule has 3 saturated carbocycles. The molecule has 4 aliphatic carbocycles. The summed E-state index contributed by atoms with van der Waals surface area (Å²) in [6, 6.07) is 0. The largest absolute Gasteiger partial charge is 0.390 e. The number of hydrogen-bond acceptors (Lipinski definition) is 6. The zero-order chi connectivity index (χ0) is 22.6. The highest BCUT2D eigenvalue weighted by molar-refractivity contribution is 6.01. The Labute approximate surface area is 181 Å². The lowest BCUT2D eigenvalue weighted by atomic mass is 9.44. The first-order valence-corrected chi connectivity index (χ1v) is 11.2. The normalized spacial score (nSPS) is 52.1. The molecule has 2 unspecified atom stereocenters. The number of halogens is 1. The van der Waals surface area contributed by atoms with Gasteiger partial charge in [0.2, 0.25) is 0 Å².